The second kappa shape index (κ2) is 10.2. The number of benzene rings is 2. The lowest BCUT2D eigenvalue weighted by Crippen LogP contribution is -2.40. The Labute approximate surface area is 175 Å². The number of guanidine groups is 1. The number of hydrogen-bond donors (Lipinski definition) is 4. The Bertz CT molecular complexity index is 926. The molecule has 2 aromatic rings. The van der Waals surface area contributed by atoms with Crippen LogP contribution < -0.4 is 27.2 Å². The van der Waals surface area contributed by atoms with Gasteiger partial charge in [-0.25, -0.2) is 4.99 Å². The maximum Gasteiger partial charge on any atom is 0.251 e. The number of nitrogens with zero attached hydrogens (tertiary/aromatic N) is 1. The van der Waals surface area contributed by atoms with Crippen LogP contribution in [-0.2, 0) is 9.59 Å². The van der Waals surface area contributed by atoms with Gasteiger partial charge in [-0.05, 0) is 35.9 Å². The molecule has 1 atom stereocenters. The van der Waals surface area contributed by atoms with E-state index < -0.39 is 30.2 Å². The molecule has 1 unspecified atom stereocenters. The van der Waals surface area contributed by atoms with E-state index in [1.165, 1.54) is 6.07 Å². The second-order valence-corrected chi connectivity index (χ2v) is 6.93. The highest BCUT2D eigenvalue weighted by Crippen LogP contribution is 2.19. The van der Waals surface area contributed by atoms with Crippen molar-refractivity contribution < 1.29 is 19.5 Å². The predicted octanol–water partition coefficient (Wildman–Crippen LogP) is 0.0813. The van der Waals surface area contributed by atoms with Crippen molar-refractivity contribution in [3.63, 3.8) is 0 Å². The van der Waals surface area contributed by atoms with Crippen molar-refractivity contribution in [3.05, 3.63) is 64.1 Å². The van der Waals surface area contributed by atoms with Crippen LogP contribution in [0.5, 0.6) is 0 Å². The van der Waals surface area contributed by atoms with Crippen LogP contribution in [-0.4, -0.2) is 30.3 Å². The van der Waals surface area contributed by atoms with Crippen molar-refractivity contribution in [1.29, 1.82) is 0 Å². The molecule has 0 radical (unpaired) electrons. The van der Waals surface area contributed by atoms with Crippen LogP contribution in [0.4, 0.5) is 5.69 Å². The number of carbonyl (C=O) groups is 3. The van der Waals surface area contributed by atoms with E-state index >= 15 is 0 Å². The molecule has 0 aliphatic heterocycles. The molecule has 0 spiro atoms. The molecule has 0 bridgehead atoms. The van der Waals surface area contributed by atoms with E-state index in [4.69, 9.17) is 11.5 Å². The Morgan fingerprint density at radius 3 is 2.41 bits per heavy atom. The quantitative estimate of drug-likeness (QED) is 0.321. The first-order chi connectivity index (χ1) is 13.7. The first-order valence-electron chi connectivity index (χ1n) is 8.47. The van der Waals surface area contributed by atoms with Crippen molar-refractivity contribution in [2.75, 3.05) is 6.54 Å². The minimum atomic E-state index is -1.31. The Balaban J connectivity index is 1.99. The molecule has 0 saturated heterocycles. The van der Waals surface area contributed by atoms with Crippen LogP contribution in [0, 0.1) is 0 Å². The number of nitrogens with two attached hydrogens (primary N) is 2. The summed E-state index contributed by atoms with van der Waals surface area (Å²) in [7, 11) is 0. The van der Waals surface area contributed by atoms with Crippen LogP contribution in [0.1, 0.15) is 28.4 Å². The molecule has 2 amide bonds. The Hall–Kier alpha value is -3.40. The molecule has 2 aromatic carbocycles. The number of halogens is 1. The summed E-state index contributed by atoms with van der Waals surface area (Å²) in [5.41, 5.74) is 11.9. The molecule has 0 saturated carbocycles. The predicted molar refractivity (Wildman–Crippen MR) is 109 cm³/mol. The fraction of sp³-hybridized carbons (Fsp3) is 0.158. The average molecular weight is 461 g/mol. The van der Waals surface area contributed by atoms with Gasteiger partial charge in [-0.1, -0.05) is 34.1 Å². The SMILES string of the molecule is NC(N)=Nc1cccc(C(=O)NCC(=O)NC(CC(=O)[O-])c2ccc(Br)cc2)c1. The van der Waals surface area contributed by atoms with Crippen molar-refractivity contribution in [3.8, 4) is 0 Å². The van der Waals surface area contributed by atoms with Gasteiger partial charge in [0.2, 0.25) is 5.91 Å². The summed E-state index contributed by atoms with van der Waals surface area (Å²) >= 11 is 3.29. The molecule has 0 fully saturated rings. The maximum atomic E-state index is 12.2. The van der Waals surface area contributed by atoms with E-state index in [9.17, 15) is 19.5 Å². The number of hydrogen-bond acceptors (Lipinski definition) is 5. The zero-order chi connectivity index (χ0) is 21.4. The molecule has 10 heteroatoms. The first-order valence-corrected chi connectivity index (χ1v) is 9.26. The van der Waals surface area contributed by atoms with Gasteiger partial charge in [-0.3, -0.25) is 9.59 Å². The topological polar surface area (TPSA) is 163 Å². The van der Waals surface area contributed by atoms with Gasteiger partial charge in [-0.15, -0.1) is 0 Å². The Morgan fingerprint density at radius 1 is 1.10 bits per heavy atom. The normalized spacial score (nSPS) is 11.2. The minimum Gasteiger partial charge on any atom is -0.550 e. The van der Waals surface area contributed by atoms with Crippen molar-refractivity contribution in [1.82, 2.24) is 10.6 Å². The van der Waals surface area contributed by atoms with E-state index in [1.807, 2.05) is 0 Å². The first kappa shape index (κ1) is 21.9. The highest BCUT2D eigenvalue weighted by Gasteiger charge is 2.16. The molecule has 2 rings (SSSR count). The fourth-order valence-electron chi connectivity index (χ4n) is 2.49. The molecule has 0 heterocycles. The molecule has 9 nitrogen and oxygen atoms in total. The molecule has 0 aliphatic carbocycles. The smallest absolute Gasteiger partial charge is 0.251 e. The van der Waals surface area contributed by atoms with E-state index in [0.29, 0.717) is 11.3 Å². The van der Waals surface area contributed by atoms with Crippen LogP contribution in [0.2, 0.25) is 0 Å². The van der Waals surface area contributed by atoms with Crippen LogP contribution >= 0.6 is 15.9 Å². The monoisotopic (exact) mass is 460 g/mol. The average Bonchev–Trinajstić information content (AvgIpc) is 2.65. The third-order valence-electron chi connectivity index (χ3n) is 3.75. The number of carboxylic acid groups (broad SMARTS) is 1. The molecule has 29 heavy (non-hydrogen) atoms. The summed E-state index contributed by atoms with van der Waals surface area (Å²) in [6, 6.07) is 12.3. The fourth-order valence-corrected chi connectivity index (χ4v) is 2.75. The molecule has 152 valence electrons. The van der Waals surface area contributed by atoms with E-state index in [0.717, 1.165) is 4.47 Å². The van der Waals surface area contributed by atoms with Crippen LogP contribution in [0.25, 0.3) is 0 Å². The highest BCUT2D eigenvalue weighted by molar-refractivity contribution is 9.10. The van der Waals surface area contributed by atoms with Crippen LogP contribution in [0.15, 0.2) is 58.0 Å². The van der Waals surface area contributed by atoms with Gasteiger partial charge < -0.3 is 32.0 Å². The van der Waals surface area contributed by atoms with Crippen molar-refractivity contribution >= 4 is 45.4 Å². The Kier molecular flexibility index (Phi) is 7.72. The summed E-state index contributed by atoms with van der Waals surface area (Å²) in [4.78, 5) is 39.3. The standard InChI is InChI=1S/C19H20BrN5O4/c20-13-6-4-11(5-7-13)15(9-17(27)28)25-16(26)10-23-18(29)12-2-1-3-14(8-12)24-19(21)22/h1-8,15H,9-10H2,(H,23,29)(H,25,26)(H,27,28)(H4,21,22,24)/p-1. The van der Waals surface area contributed by atoms with Gasteiger partial charge in [0.05, 0.1) is 18.3 Å². The zero-order valence-electron chi connectivity index (χ0n) is 15.2. The highest BCUT2D eigenvalue weighted by atomic mass is 79.9. The molecule has 0 aromatic heterocycles. The number of amides is 2. The summed E-state index contributed by atoms with van der Waals surface area (Å²) < 4.78 is 0.815. The lowest BCUT2D eigenvalue weighted by Gasteiger charge is -2.20. The number of rotatable bonds is 8. The van der Waals surface area contributed by atoms with Crippen LogP contribution in [0.3, 0.4) is 0 Å². The van der Waals surface area contributed by atoms with Crippen molar-refractivity contribution in [2.45, 2.75) is 12.5 Å². The Morgan fingerprint density at radius 2 is 1.79 bits per heavy atom. The van der Waals surface area contributed by atoms with E-state index in [2.05, 4.69) is 31.6 Å². The van der Waals surface area contributed by atoms with E-state index in [-0.39, 0.29) is 18.1 Å². The molecule has 0 aliphatic rings. The number of aliphatic imine (C=N–C) groups is 1. The van der Waals surface area contributed by atoms with E-state index in [1.54, 1.807) is 42.5 Å². The third kappa shape index (κ3) is 7.26. The van der Waals surface area contributed by atoms with Gasteiger partial charge >= 0.3 is 0 Å². The lowest BCUT2D eigenvalue weighted by molar-refractivity contribution is -0.306. The lowest BCUT2D eigenvalue weighted by atomic mass is 10.0. The number of nitrogens with one attached hydrogen (secondary N) is 2. The summed E-state index contributed by atoms with van der Waals surface area (Å²) in [6.45, 7) is -0.342. The summed E-state index contributed by atoms with van der Waals surface area (Å²) in [5, 5.41) is 16.1. The number of carbonyl (C=O) groups excluding carboxylic acids is 3. The van der Waals surface area contributed by atoms with Gasteiger partial charge in [-0.2, -0.15) is 0 Å². The van der Waals surface area contributed by atoms with Gasteiger partial charge in [0.15, 0.2) is 5.96 Å². The van der Waals surface area contributed by atoms with Crippen molar-refractivity contribution in [2.24, 2.45) is 16.5 Å². The molecule has 6 N–H and O–H groups in total. The molecular formula is C19H19BrN5O4-. The summed E-state index contributed by atoms with van der Waals surface area (Å²) in [5.74, 6) is -2.51. The largest absolute Gasteiger partial charge is 0.550 e. The molecular weight excluding hydrogens is 442 g/mol. The number of aliphatic carboxylic acids is 1. The minimum absolute atomic E-state index is 0.145. The third-order valence-corrected chi connectivity index (χ3v) is 4.28. The zero-order valence-corrected chi connectivity index (χ0v) is 16.8. The summed E-state index contributed by atoms with van der Waals surface area (Å²) in [6.07, 6.45) is -0.401. The number of carboxylic acids is 1. The van der Waals surface area contributed by atoms with Gasteiger partial charge in [0.1, 0.15) is 0 Å². The maximum absolute atomic E-state index is 12.2. The second-order valence-electron chi connectivity index (χ2n) is 6.02. The van der Waals surface area contributed by atoms with Gasteiger partial charge in [0.25, 0.3) is 5.91 Å². The van der Waals surface area contributed by atoms with Gasteiger partial charge in [0, 0.05) is 22.4 Å².